The number of halogens is 4. The Morgan fingerprint density at radius 1 is 1.38 bits per heavy atom. The van der Waals surface area contributed by atoms with Crippen LogP contribution in [-0.2, 0) is 4.79 Å². The number of hydrogen-bond donors (Lipinski definition) is 2. The molecule has 0 bridgehead atoms. The average Bonchev–Trinajstić information content (AvgIpc) is 2.16. The summed E-state index contributed by atoms with van der Waals surface area (Å²) in [6.07, 6.45) is -3.99. The Bertz CT molecular complexity index is 234. The van der Waals surface area contributed by atoms with Crippen molar-refractivity contribution in [3.8, 4) is 0 Å². The Hall–Kier alpha value is -0.850. The van der Waals surface area contributed by atoms with Crippen LogP contribution in [0.3, 0.4) is 0 Å². The lowest BCUT2D eigenvalue weighted by Gasteiger charge is -2.24. The molecule has 0 aromatic carbocycles. The molecule has 7 heteroatoms. The normalized spacial score (nSPS) is 14.3. The van der Waals surface area contributed by atoms with Gasteiger partial charge in [0.2, 0.25) is 0 Å². The number of carbonyl (C=O) groups is 1. The van der Waals surface area contributed by atoms with Gasteiger partial charge >= 0.3 is 12.3 Å². The predicted octanol–water partition coefficient (Wildman–Crippen LogP) is 1.41. The summed E-state index contributed by atoms with van der Waals surface area (Å²) in [5.74, 6) is -6.93. The summed E-state index contributed by atoms with van der Waals surface area (Å²) in [6, 6.07) is -0.748. The van der Waals surface area contributed by atoms with Gasteiger partial charge < -0.3 is 10.4 Å². The van der Waals surface area contributed by atoms with Crippen molar-refractivity contribution >= 4 is 5.91 Å². The molecular weight excluding hydrogens is 230 g/mol. The van der Waals surface area contributed by atoms with Crippen LogP contribution in [0.5, 0.6) is 0 Å². The third-order valence-electron chi connectivity index (χ3n) is 2.14. The second-order valence-corrected chi connectivity index (χ2v) is 3.76. The maximum absolute atomic E-state index is 12.6. The Morgan fingerprint density at radius 3 is 2.19 bits per heavy atom. The topological polar surface area (TPSA) is 49.3 Å². The van der Waals surface area contributed by atoms with Crippen molar-refractivity contribution in [2.75, 3.05) is 6.61 Å². The molecule has 0 aromatic heterocycles. The number of carbonyl (C=O) groups excluding carboxylic acids is 1. The molecule has 0 aromatic rings. The van der Waals surface area contributed by atoms with Crippen molar-refractivity contribution in [3.63, 3.8) is 0 Å². The number of aliphatic hydroxyl groups excluding tert-OH is 1. The number of rotatable bonds is 6. The van der Waals surface area contributed by atoms with Gasteiger partial charge in [-0.1, -0.05) is 13.8 Å². The summed E-state index contributed by atoms with van der Waals surface area (Å²) in [5.41, 5.74) is 0. The van der Waals surface area contributed by atoms with Crippen LogP contribution in [0.2, 0.25) is 0 Å². The van der Waals surface area contributed by atoms with E-state index in [-0.39, 0.29) is 18.9 Å². The number of alkyl halides is 4. The fourth-order valence-electron chi connectivity index (χ4n) is 1.07. The van der Waals surface area contributed by atoms with E-state index in [1.54, 1.807) is 13.8 Å². The molecule has 0 radical (unpaired) electrons. The molecule has 0 aliphatic carbocycles. The smallest absolute Gasteiger partial charge is 0.383 e. The van der Waals surface area contributed by atoms with Crippen LogP contribution >= 0.6 is 0 Å². The molecule has 0 aliphatic rings. The largest absolute Gasteiger partial charge is 0.396 e. The zero-order chi connectivity index (χ0) is 12.9. The van der Waals surface area contributed by atoms with E-state index in [9.17, 15) is 22.4 Å². The van der Waals surface area contributed by atoms with E-state index in [1.807, 2.05) is 5.32 Å². The van der Waals surface area contributed by atoms with E-state index in [1.165, 1.54) is 0 Å². The quantitative estimate of drug-likeness (QED) is 0.695. The molecule has 1 atom stereocenters. The van der Waals surface area contributed by atoms with Crippen LogP contribution in [0.15, 0.2) is 0 Å². The third kappa shape index (κ3) is 3.96. The molecule has 2 N–H and O–H groups in total. The highest BCUT2D eigenvalue weighted by Crippen LogP contribution is 2.23. The minimum Gasteiger partial charge on any atom is -0.396 e. The van der Waals surface area contributed by atoms with Crippen LogP contribution in [0, 0.1) is 5.92 Å². The van der Waals surface area contributed by atoms with Gasteiger partial charge in [-0.3, -0.25) is 4.79 Å². The van der Waals surface area contributed by atoms with Crippen LogP contribution in [0.4, 0.5) is 17.6 Å². The lowest BCUT2D eigenvalue weighted by molar-refractivity contribution is -0.170. The lowest BCUT2D eigenvalue weighted by Crippen LogP contribution is -2.50. The van der Waals surface area contributed by atoms with E-state index in [0.29, 0.717) is 0 Å². The van der Waals surface area contributed by atoms with Gasteiger partial charge in [-0.2, -0.15) is 8.78 Å². The minimum absolute atomic E-state index is 0.0444. The van der Waals surface area contributed by atoms with Crippen LogP contribution in [0.1, 0.15) is 20.3 Å². The molecule has 0 saturated carbocycles. The summed E-state index contributed by atoms with van der Waals surface area (Å²) >= 11 is 0. The van der Waals surface area contributed by atoms with E-state index >= 15 is 0 Å². The maximum atomic E-state index is 12.6. The molecule has 0 spiro atoms. The van der Waals surface area contributed by atoms with Crippen molar-refractivity contribution < 1.29 is 27.5 Å². The molecule has 3 nitrogen and oxygen atoms in total. The van der Waals surface area contributed by atoms with Crippen LogP contribution in [0.25, 0.3) is 0 Å². The van der Waals surface area contributed by atoms with Crippen LogP contribution < -0.4 is 5.32 Å². The Kier molecular flexibility index (Phi) is 5.71. The molecule has 0 saturated heterocycles. The second-order valence-electron chi connectivity index (χ2n) is 3.76. The highest BCUT2D eigenvalue weighted by atomic mass is 19.3. The van der Waals surface area contributed by atoms with Gasteiger partial charge in [-0.15, -0.1) is 0 Å². The molecule has 96 valence electrons. The average molecular weight is 245 g/mol. The molecule has 0 heterocycles. The van der Waals surface area contributed by atoms with Crippen molar-refractivity contribution in [3.05, 3.63) is 0 Å². The monoisotopic (exact) mass is 245 g/mol. The van der Waals surface area contributed by atoms with Gasteiger partial charge in [0.25, 0.3) is 5.91 Å². The van der Waals surface area contributed by atoms with Crippen molar-refractivity contribution in [1.82, 2.24) is 5.32 Å². The van der Waals surface area contributed by atoms with Crippen LogP contribution in [-0.4, -0.2) is 36.0 Å². The van der Waals surface area contributed by atoms with E-state index in [4.69, 9.17) is 5.11 Å². The maximum Gasteiger partial charge on any atom is 0.383 e. The first-order valence-electron chi connectivity index (χ1n) is 4.81. The molecule has 1 amide bonds. The third-order valence-corrected chi connectivity index (χ3v) is 2.14. The van der Waals surface area contributed by atoms with Gasteiger partial charge in [-0.25, -0.2) is 8.78 Å². The number of hydrogen-bond acceptors (Lipinski definition) is 2. The summed E-state index contributed by atoms with van der Waals surface area (Å²) in [5, 5.41) is 10.4. The van der Waals surface area contributed by atoms with Gasteiger partial charge in [-0.05, 0) is 12.3 Å². The number of amides is 1. The molecule has 16 heavy (non-hydrogen) atoms. The Balaban J connectivity index is 4.51. The molecule has 0 rings (SSSR count). The molecular formula is C9H15F4NO2. The van der Waals surface area contributed by atoms with Crippen molar-refractivity contribution in [1.29, 1.82) is 0 Å². The fourth-order valence-corrected chi connectivity index (χ4v) is 1.07. The predicted molar refractivity (Wildman–Crippen MR) is 49.4 cm³/mol. The van der Waals surface area contributed by atoms with Gasteiger partial charge in [0.05, 0.1) is 0 Å². The van der Waals surface area contributed by atoms with Gasteiger partial charge in [0.15, 0.2) is 0 Å². The van der Waals surface area contributed by atoms with E-state index in [2.05, 4.69) is 0 Å². The minimum atomic E-state index is -4.69. The SMILES string of the molecule is CC(C)C(CCO)NC(=O)C(F)(F)C(F)F. The highest BCUT2D eigenvalue weighted by molar-refractivity contribution is 5.84. The first kappa shape index (κ1) is 15.2. The van der Waals surface area contributed by atoms with E-state index < -0.39 is 24.3 Å². The summed E-state index contributed by atoms with van der Waals surface area (Å²) in [7, 11) is 0. The fraction of sp³-hybridized carbons (Fsp3) is 0.889. The highest BCUT2D eigenvalue weighted by Gasteiger charge is 2.49. The Labute approximate surface area is 90.8 Å². The molecule has 0 aliphatic heterocycles. The molecule has 1 unspecified atom stereocenters. The number of aliphatic hydroxyl groups is 1. The summed E-state index contributed by atoms with van der Waals surface area (Å²) < 4.78 is 48.8. The van der Waals surface area contributed by atoms with Gasteiger partial charge in [0.1, 0.15) is 0 Å². The van der Waals surface area contributed by atoms with E-state index in [0.717, 1.165) is 0 Å². The van der Waals surface area contributed by atoms with Crippen molar-refractivity contribution in [2.45, 2.75) is 38.7 Å². The standard InChI is InChI=1S/C9H15F4NO2/c1-5(2)6(3-4-15)14-8(16)9(12,13)7(10)11/h5-7,15H,3-4H2,1-2H3,(H,14,16). The lowest BCUT2D eigenvalue weighted by atomic mass is 10.0. The summed E-state index contributed by atoms with van der Waals surface area (Å²) in [4.78, 5) is 10.9. The Morgan fingerprint density at radius 2 is 1.88 bits per heavy atom. The number of nitrogens with one attached hydrogen (secondary N) is 1. The van der Waals surface area contributed by atoms with Gasteiger partial charge in [0, 0.05) is 12.6 Å². The zero-order valence-electron chi connectivity index (χ0n) is 9.01. The summed E-state index contributed by atoms with van der Waals surface area (Å²) in [6.45, 7) is 2.94. The zero-order valence-corrected chi connectivity index (χ0v) is 9.01. The molecule has 0 fully saturated rings. The first-order chi connectivity index (χ1) is 7.23. The second kappa shape index (κ2) is 6.03. The first-order valence-corrected chi connectivity index (χ1v) is 4.81. The van der Waals surface area contributed by atoms with Crippen molar-refractivity contribution in [2.24, 2.45) is 5.92 Å².